The minimum absolute atomic E-state index is 0.279. The van der Waals surface area contributed by atoms with Gasteiger partial charge in [0.1, 0.15) is 0 Å². The second-order valence-electron chi connectivity index (χ2n) is 6.90. The standard InChI is InChI=1S/C21H18BrClN2O5/c1-12(9-14(11-24(28)29)13-3-5-15(22)6-4-13)19-17-8-7-16(23)10-18(17)25(20(19)26)21(27)30-2/h3-8,10,14H,9,11H2,1-2H3/b19-12-/t14-/m0/s1. The van der Waals surface area contributed by atoms with Crippen LogP contribution in [0.2, 0.25) is 5.02 Å². The van der Waals surface area contributed by atoms with Crippen LogP contribution in [0.3, 0.4) is 0 Å². The minimum atomic E-state index is -0.818. The maximum atomic E-state index is 13.1. The molecule has 0 aliphatic carbocycles. The summed E-state index contributed by atoms with van der Waals surface area (Å²) in [7, 11) is 1.19. The number of hydrogen-bond donors (Lipinski definition) is 0. The topological polar surface area (TPSA) is 89.8 Å². The Kier molecular flexibility index (Phi) is 6.58. The first kappa shape index (κ1) is 22.0. The molecule has 0 fully saturated rings. The first-order chi connectivity index (χ1) is 14.2. The number of amides is 2. The number of allylic oxidation sites excluding steroid dienone is 1. The normalized spacial score (nSPS) is 15.6. The van der Waals surface area contributed by atoms with Crippen LogP contribution in [0.25, 0.3) is 5.57 Å². The maximum Gasteiger partial charge on any atom is 0.421 e. The smallest absolute Gasteiger partial charge is 0.421 e. The third kappa shape index (κ3) is 4.39. The lowest BCUT2D eigenvalue weighted by Gasteiger charge is -2.16. The van der Waals surface area contributed by atoms with Gasteiger partial charge in [0.05, 0.1) is 18.7 Å². The van der Waals surface area contributed by atoms with Crippen LogP contribution in [-0.2, 0) is 9.53 Å². The van der Waals surface area contributed by atoms with Gasteiger partial charge in [0.15, 0.2) is 0 Å². The van der Waals surface area contributed by atoms with Crippen LogP contribution >= 0.6 is 27.5 Å². The number of hydrogen-bond acceptors (Lipinski definition) is 5. The zero-order valence-electron chi connectivity index (χ0n) is 16.2. The molecular formula is C21H18BrClN2O5. The van der Waals surface area contributed by atoms with E-state index in [9.17, 15) is 19.7 Å². The molecule has 1 heterocycles. The molecule has 0 saturated heterocycles. The fourth-order valence-electron chi connectivity index (χ4n) is 3.60. The lowest BCUT2D eigenvalue weighted by molar-refractivity contribution is -0.483. The molecule has 2 aromatic rings. The number of benzene rings is 2. The number of anilines is 1. The third-order valence-electron chi connectivity index (χ3n) is 4.93. The van der Waals surface area contributed by atoms with Crippen molar-refractivity contribution < 1.29 is 19.2 Å². The molecule has 30 heavy (non-hydrogen) atoms. The molecule has 2 aromatic carbocycles. The van der Waals surface area contributed by atoms with Crippen LogP contribution in [-0.4, -0.2) is 30.6 Å². The molecule has 0 N–H and O–H groups in total. The number of nitro groups is 1. The molecule has 9 heteroatoms. The predicted octanol–water partition coefficient (Wildman–Crippen LogP) is 5.44. The first-order valence-electron chi connectivity index (χ1n) is 9.02. The van der Waals surface area contributed by atoms with Gasteiger partial charge < -0.3 is 4.74 Å². The van der Waals surface area contributed by atoms with Crippen LogP contribution in [0.1, 0.15) is 30.4 Å². The highest BCUT2D eigenvalue weighted by molar-refractivity contribution is 9.10. The summed E-state index contributed by atoms with van der Waals surface area (Å²) in [6.45, 7) is 1.47. The number of nitrogens with zero attached hydrogens (tertiary/aromatic N) is 2. The summed E-state index contributed by atoms with van der Waals surface area (Å²) in [5.74, 6) is -0.969. The van der Waals surface area contributed by atoms with Gasteiger partial charge in [0.2, 0.25) is 6.54 Å². The maximum absolute atomic E-state index is 13.1. The van der Waals surface area contributed by atoms with Crippen molar-refractivity contribution in [2.24, 2.45) is 0 Å². The van der Waals surface area contributed by atoms with Crippen molar-refractivity contribution >= 4 is 50.8 Å². The van der Waals surface area contributed by atoms with Crippen molar-refractivity contribution in [3.8, 4) is 0 Å². The Labute approximate surface area is 186 Å². The van der Waals surface area contributed by atoms with Crippen molar-refractivity contribution in [2.75, 3.05) is 18.6 Å². The number of carbonyl (C=O) groups excluding carboxylic acids is 2. The summed E-state index contributed by atoms with van der Waals surface area (Å²) in [4.78, 5) is 37.1. The molecule has 0 spiro atoms. The van der Waals surface area contributed by atoms with Gasteiger partial charge in [-0.1, -0.05) is 51.3 Å². The molecule has 0 aromatic heterocycles. The summed E-state index contributed by atoms with van der Waals surface area (Å²) >= 11 is 9.42. The molecule has 1 aliphatic heterocycles. The number of halogens is 2. The number of imide groups is 1. The van der Waals surface area contributed by atoms with Gasteiger partial charge in [0, 0.05) is 25.6 Å². The Bertz CT molecular complexity index is 1050. The highest BCUT2D eigenvalue weighted by Crippen LogP contribution is 2.42. The summed E-state index contributed by atoms with van der Waals surface area (Å²) in [5, 5.41) is 11.6. The van der Waals surface area contributed by atoms with Crippen LogP contribution in [0.4, 0.5) is 10.5 Å². The van der Waals surface area contributed by atoms with Crippen molar-refractivity contribution in [3.05, 3.63) is 78.8 Å². The van der Waals surface area contributed by atoms with Crippen molar-refractivity contribution in [3.63, 3.8) is 0 Å². The predicted molar refractivity (Wildman–Crippen MR) is 117 cm³/mol. The van der Waals surface area contributed by atoms with Gasteiger partial charge in [-0.2, -0.15) is 0 Å². The molecule has 1 atom stereocenters. The van der Waals surface area contributed by atoms with E-state index < -0.39 is 17.9 Å². The lowest BCUT2D eigenvalue weighted by atomic mass is 9.89. The monoisotopic (exact) mass is 492 g/mol. The number of ether oxygens (including phenoxy) is 1. The Balaban J connectivity index is 2.05. The fourth-order valence-corrected chi connectivity index (χ4v) is 4.03. The molecule has 1 aliphatic rings. The summed E-state index contributed by atoms with van der Waals surface area (Å²) in [6, 6.07) is 12.1. The van der Waals surface area contributed by atoms with E-state index in [-0.39, 0.29) is 17.9 Å². The van der Waals surface area contributed by atoms with Crippen LogP contribution in [0.15, 0.2) is 52.5 Å². The van der Waals surface area contributed by atoms with E-state index in [4.69, 9.17) is 16.3 Å². The second kappa shape index (κ2) is 8.97. The number of methoxy groups -OCH3 is 1. The van der Waals surface area contributed by atoms with Crippen molar-refractivity contribution in [1.82, 2.24) is 0 Å². The zero-order chi connectivity index (χ0) is 22.0. The van der Waals surface area contributed by atoms with Crippen LogP contribution in [0.5, 0.6) is 0 Å². The van der Waals surface area contributed by atoms with E-state index >= 15 is 0 Å². The summed E-state index contributed by atoms with van der Waals surface area (Å²) in [5.41, 5.74) is 2.65. The average Bonchev–Trinajstić information content (AvgIpc) is 2.98. The van der Waals surface area contributed by atoms with E-state index in [1.807, 2.05) is 24.3 Å². The van der Waals surface area contributed by atoms with E-state index in [1.54, 1.807) is 19.1 Å². The molecule has 2 amide bonds. The third-order valence-corrected chi connectivity index (χ3v) is 5.70. The highest BCUT2D eigenvalue weighted by Gasteiger charge is 2.39. The largest absolute Gasteiger partial charge is 0.452 e. The zero-order valence-corrected chi connectivity index (χ0v) is 18.6. The van der Waals surface area contributed by atoms with Crippen LogP contribution < -0.4 is 4.90 Å². The second-order valence-corrected chi connectivity index (χ2v) is 8.25. The van der Waals surface area contributed by atoms with E-state index in [0.29, 0.717) is 27.4 Å². The molecule has 156 valence electrons. The SMILES string of the molecule is COC(=O)N1C(=O)/C(=C(/C)C[C@@H](C[N+](=O)[O-])c2ccc(Br)cc2)c2ccc(Cl)cc21. The first-order valence-corrected chi connectivity index (χ1v) is 10.2. The molecule has 0 unspecified atom stereocenters. The molecule has 3 rings (SSSR count). The molecule has 7 nitrogen and oxygen atoms in total. The van der Waals surface area contributed by atoms with Crippen molar-refractivity contribution in [2.45, 2.75) is 19.3 Å². The highest BCUT2D eigenvalue weighted by atomic mass is 79.9. The van der Waals surface area contributed by atoms with E-state index in [2.05, 4.69) is 15.9 Å². The Hall–Kier alpha value is -2.71. The van der Waals surface area contributed by atoms with Crippen molar-refractivity contribution in [1.29, 1.82) is 0 Å². The summed E-state index contributed by atoms with van der Waals surface area (Å²) in [6.07, 6.45) is -0.540. The Morgan fingerprint density at radius 3 is 2.53 bits per heavy atom. The quantitative estimate of drug-likeness (QED) is 0.314. The van der Waals surface area contributed by atoms with Crippen LogP contribution in [0, 0.1) is 10.1 Å². The number of carbonyl (C=O) groups is 2. The number of rotatable bonds is 5. The van der Waals surface area contributed by atoms with Gasteiger partial charge in [-0.3, -0.25) is 14.9 Å². The van der Waals surface area contributed by atoms with E-state index in [0.717, 1.165) is 14.9 Å². The average molecular weight is 494 g/mol. The van der Waals surface area contributed by atoms with Gasteiger partial charge >= 0.3 is 6.09 Å². The fraction of sp³-hybridized carbons (Fsp3) is 0.238. The van der Waals surface area contributed by atoms with E-state index in [1.165, 1.54) is 13.2 Å². The van der Waals surface area contributed by atoms with Gasteiger partial charge in [-0.05, 0) is 43.2 Å². The molecule has 0 bridgehead atoms. The lowest BCUT2D eigenvalue weighted by Crippen LogP contribution is -2.33. The molecule has 0 radical (unpaired) electrons. The minimum Gasteiger partial charge on any atom is -0.452 e. The Morgan fingerprint density at radius 1 is 1.27 bits per heavy atom. The van der Waals surface area contributed by atoms with Gasteiger partial charge in [-0.15, -0.1) is 0 Å². The summed E-state index contributed by atoms with van der Waals surface area (Å²) < 4.78 is 5.62. The van der Waals surface area contributed by atoms with Gasteiger partial charge in [0.25, 0.3) is 5.91 Å². The molecular weight excluding hydrogens is 476 g/mol. The molecule has 0 saturated carbocycles. The number of fused-ring (bicyclic) bond motifs is 1. The van der Waals surface area contributed by atoms with Gasteiger partial charge in [-0.25, -0.2) is 9.69 Å². The Morgan fingerprint density at radius 2 is 1.93 bits per heavy atom.